The average molecular weight is 272 g/mol. The van der Waals surface area contributed by atoms with Crippen LogP contribution in [0.15, 0.2) is 48.5 Å². The zero-order valence-corrected chi connectivity index (χ0v) is 11.9. The number of hydrogen-bond acceptors (Lipinski definition) is 3. The van der Waals surface area contributed by atoms with Crippen LogP contribution in [0.1, 0.15) is 11.1 Å². The summed E-state index contributed by atoms with van der Waals surface area (Å²) in [7, 11) is 3.23. The number of methoxy groups -OCH3 is 2. The van der Waals surface area contributed by atoms with Crippen molar-refractivity contribution in [3.8, 4) is 11.5 Å². The van der Waals surface area contributed by atoms with Gasteiger partial charge in [0.2, 0.25) is 0 Å². The molecule has 3 nitrogen and oxygen atoms in total. The molecule has 0 radical (unpaired) electrons. The third-order valence-corrected chi connectivity index (χ3v) is 3.23. The largest absolute Gasteiger partial charge is 0.493 e. The molecule has 0 bridgehead atoms. The fourth-order valence-corrected chi connectivity index (χ4v) is 2.24. The van der Waals surface area contributed by atoms with Crippen LogP contribution in [0.4, 0.5) is 0 Å². The molecule has 0 saturated heterocycles. The van der Waals surface area contributed by atoms with Crippen LogP contribution in [0.2, 0.25) is 0 Å². The number of aliphatic hydroxyl groups is 1. The highest BCUT2D eigenvalue weighted by atomic mass is 16.5. The zero-order chi connectivity index (χ0) is 14.4. The predicted molar refractivity (Wildman–Crippen MR) is 79.4 cm³/mol. The van der Waals surface area contributed by atoms with Gasteiger partial charge >= 0.3 is 0 Å². The second kappa shape index (κ2) is 6.96. The second-order valence-corrected chi connectivity index (χ2v) is 4.74. The van der Waals surface area contributed by atoms with Gasteiger partial charge in [-0.3, -0.25) is 0 Å². The summed E-state index contributed by atoms with van der Waals surface area (Å²) >= 11 is 0. The summed E-state index contributed by atoms with van der Waals surface area (Å²) in [5.74, 6) is 1.39. The van der Waals surface area contributed by atoms with Crippen molar-refractivity contribution in [1.82, 2.24) is 0 Å². The molecule has 106 valence electrons. The summed E-state index contributed by atoms with van der Waals surface area (Å²) in [6, 6.07) is 15.7. The normalized spacial score (nSPS) is 11.9. The van der Waals surface area contributed by atoms with Gasteiger partial charge in [-0.2, -0.15) is 0 Å². The molecule has 0 aliphatic carbocycles. The summed E-state index contributed by atoms with van der Waals surface area (Å²) in [6.07, 6.45) is 0.834. The van der Waals surface area contributed by atoms with Gasteiger partial charge < -0.3 is 14.6 Å². The third-order valence-electron chi connectivity index (χ3n) is 3.23. The monoisotopic (exact) mass is 272 g/mol. The van der Waals surface area contributed by atoms with Crippen LogP contribution in [0.3, 0.4) is 0 Å². The number of rotatable bonds is 6. The van der Waals surface area contributed by atoms with Crippen molar-refractivity contribution >= 4 is 0 Å². The van der Waals surface area contributed by atoms with Crippen molar-refractivity contribution in [2.45, 2.75) is 18.9 Å². The van der Waals surface area contributed by atoms with Gasteiger partial charge in [-0.15, -0.1) is 0 Å². The van der Waals surface area contributed by atoms with Gasteiger partial charge in [-0.1, -0.05) is 36.4 Å². The summed E-state index contributed by atoms with van der Waals surface area (Å²) in [6.45, 7) is 0. The van der Waals surface area contributed by atoms with Crippen LogP contribution in [-0.4, -0.2) is 25.4 Å². The number of ether oxygens (including phenoxy) is 2. The maximum atomic E-state index is 10.2. The van der Waals surface area contributed by atoms with E-state index in [0.29, 0.717) is 24.3 Å². The fraction of sp³-hybridized carbons (Fsp3) is 0.294. The Labute approximate surface area is 119 Å². The van der Waals surface area contributed by atoms with E-state index in [4.69, 9.17) is 9.47 Å². The molecule has 20 heavy (non-hydrogen) atoms. The first-order valence-electron chi connectivity index (χ1n) is 6.66. The minimum absolute atomic E-state index is 0.407. The molecule has 0 heterocycles. The van der Waals surface area contributed by atoms with Crippen molar-refractivity contribution < 1.29 is 14.6 Å². The van der Waals surface area contributed by atoms with E-state index in [9.17, 15) is 5.11 Å². The molecule has 0 aliphatic rings. The molecule has 1 atom stereocenters. The predicted octanol–water partition coefficient (Wildman–Crippen LogP) is 2.85. The van der Waals surface area contributed by atoms with E-state index in [2.05, 4.69) is 0 Å². The van der Waals surface area contributed by atoms with E-state index in [-0.39, 0.29) is 0 Å². The van der Waals surface area contributed by atoms with Crippen molar-refractivity contribution in [2.24, 2.45) is 0 Å². The first kappa shape index (κ1) is 14.4. The lowest BCUT2D eigenvalue weighted by Crippen LogP contribution is -2.14. The highest BCUT2D eigenvalue weighted by molar-refractivity contribution is 5.43. The fourth-order valence-electron chi connectivity index (χ4n) is 2.24. The van der Waals surface area contributed by atoms with Gasteiger partial charge in [0.1, 0.15) is 0 Å². The molecule has 1 unspecified atom stereocenters. The second-order valence-electron chi connectivity index (χ2n) is 4.74. The van der Waals surface area contributed by atoms with Crippen LogP contribution in [-0.2, 0) is 12.8 Å². The first-order chi connectivity index (χ1) is 9.72. The lowest BCUT2D eigenvalue weighted by Gasteiger charge is -2.13. The van der Waals surface area contributed by atoms with Gasteiger partial charge in [0.25, 0.3) is 0 Å². The highest BCUT2D eigenvalue weighted by Gasteiger charge is 2.10. The SMILES string of the molecule is COc1ccc(CC(O)Cc2ccccc2)cc1OC. The Morgan fingerprint density at radius 3 is 2.15 bits per heavy atom. The molecule has 0 saturated carbocycles. The summed E-state index contributed by atoms with van der Waals surface area (Å²) in [5.41, 5.74) is 2.17. The van der Waals surface area contributed by atoms with Gasteiger partial charge in [-0.05, 0) is 36.1 Å². The summed E-state index contributed by atoms with van der Waals surface area (Å²) in [4.78, 5) is 0. The minimum Gasteiger partial charge on any atom is -0.493 e. The molecule has 0 amide bonds. The maximum absolute atomic E-state index is 10.2. The van der Waals surface area contributed by atoms with Crippen LogP contribution in [0.5, 0.6) is 11.5 Å². The molecular formula is C17H20O3. The quantitative estimate of drug-likeness (QED) is 0.879. The Balaban J connectivity index is 2.02. The van der Waals surface area contributed by atoms with Gasteiger partial charge in [0, 0.05) is 0 Å². The lowest BCUT2D eigenvalue weighted by atomic mass is 10.0. The third kappa shape index (κ3) is 3.75. The smallest absolute Gasteiger partial charge is 0.160 e. The van der Waals surface area contributed by atoms with Crippen molar-refractivity contribution in [3.05, 3.63) is 59.7 Å². The van der Waals surface area contributed by atoms with Crippen LogP contribution >= 0.6 is 0 Å². The average Bonchev–Trinajstić information content (AvgIpc) is 2.48. The van der Waals surface area contributed by atoms with Crippen LogP contribution in [0.25, 0.3) is 0 Å². The standard InChI is InChI=1S/C17H20O3/c1-19-16-9-8-14(12-17(16)20-2)11-15(18)10-13-6-4-3-5-7-13/h3-9,12,15,18H,10-11H2,1-2H3. The zero-order valence-electron chi connectivity index (χ0n) is 11.9. The van der Waals surface area contributed by atoms with E-state index in [0.717, 1.165) is 11.1 Å². The van der Waals surface area contributed by atoms with Crippen molar-refractivity contribution in [1.29, 1.82) is 0 Å². The molecule has 2 aromatic carbocycles. The van der Waals surface area contributed by atoms with Crippen LogP contribution < -0.4 is 9.47 Å². The molecular weight excluding hydrogens is 252 g/mol. The molecule has 2 aromatic rings. The molecule has 0 aromatic heterocycles. The van der Waals surface area contributed by atoms with E-state index < -0.39 is 6.10 Å². The van der Waals surface area contributed by atoms with Gasteiger partial charge in [0.15, 0.2) is 11.5 Å². The molecule has 0 spiro atoms. The van der Waals surface area contributed by atoms with Gasteiger partial charge in [0.05, 0.1) is 20.3 Å². The number of aliphatic hydroxyl groups excluding tert-OH is 1. The van der Waals surface area contributed by atoms with Gasteiger partial charge in [-0.25, -0.2) is 0 Å². The first-order valence-corrected chi connectivity index (χ1v) is 6.66. The van der Waals surface area contributed by atoms with Crippen molar-refractivity contribution in [3.63, 3.8) is 0 Å². The topological polar surface area (TPSA) is 38.7 Å². The number of hydrogen-bond donors (Lipinski definition) is 1. The Kier molecular flexibility index (Phi) is 5.02. The van der Waals surface area contributed by atoms with E-state index in [1.54, 1.807) is 14.2 Å². The van der Waals surface area contributed by atoms with Crippen molar-refractivity contribution in [2.75, 3.05) is 14.2 Å². The molecule has 0 aliphatic heterocycles. The Morgan fingerprint density at radius 1 is 0.850 bits per heavy atom. The van der Waals surface area contributed by atoms with E-state index >= 15 is 0 Å². The molecule has 2 rings (SSSR count). The Hall–Kier alpha value is -2.00. The minimum atomic E-state index is -0.407. The highest BCUT2D eigenvalue weighted by Crippen LogP contribution is 2.28. The van der Waals surface area contributed by atoms with E-state index in [1.165, 1.54) is 0 Å². The molecule has 3 heteroatoms. The van der Waals surface area contributed by atoms with E-state index in [1.807, 2.05) is 48.5 Å². The number of benzene rings is 2. The molecule has 1 N–H and O–H groups in total. The lowest BCUT2D eigenvalue weighted by molar-refractivity contribution is 0.175. The maximum Gasteiger partial charge on any atom is 0.160 e. The Bertz CT molecular complexity index is 537. The Morgan fingerprint density at radius 2 is 1.50 bits per heavy atom. The summed E-state index contributed by atoms with van der Waals surface area (Å²) in [5, 5.41) is 10.2. The van der Waals surface area contributed by atoms with Crippen LogP contribution in [0, 0.1) is 0 Å². The summed E-state index contributed by atoms with van der Waals surface area (Å²) < 4.78 is 10.5. The molecule has 0 fully saturated rings.